The largest absolute Gasteiger partial charge is 0.257 e. The smallest absolute Gasteiger partial charge is 0.0712 e. The molecule has 0 aromatic heterocycles. The molecule has 1 rings (SSSR count). The zero-order valence-corrected chi connectivity index (χ0v) is 11.2. The molecular formula is C15H28N2. The molecule has 1 aliphatic rings. The fourth-order valence-electron chi connectivity index (χ4n) is 2.19. The van der Waals surface area contributed by atoms with Crippen molar-refractivity contribution in [3.8, 4) is 11.8 Å². The van der Waals surface area contributed by atoms with Crippen LogP contribution in [0.1, 0.15) is 70.6 Å². The third kappa shape index (κ3) is 10.4. The Balaban J connectivity index is 2.09. The third-order valence-electron chi connectivity index (χ3n) is 3.28. The minimum absolute atomic E-state index is 0.778. The summed E-state index contributed by atoms with van der Waals surface area (Å²) in [4.78, 5) is 0. The number of nitrogens with one attached hydrogen (secondary N) is 2. The van der Waals surface area contributed by atoms with E-state index < -0.39 is 0 Å². The van der Waals surface area contributed by atoms with Crippen LogP contribution in [0.4, 0.5) is 0 Å². The predicted octanol–water partition coefficient (Wildman–Crippen LogP) is 3.39. The average Bonchev–Trinajstić information content (AvgIpc) is 2.35. The topological polar surface area (TPSA) is 24.1 Å². The molecule has 0 fully saturated rings. The van der Waals surface area contributed by atoms with Gasteiger partial charge in [0.1, 0.15) is 0 Å². The Morgan fingerprint density at radius 1 is 0.529 bits per heavy atom. The lowest BCUT2D eigenvalue weighted by Gasteiger charge is -2.04. The summed E-state index contributed by atoms with van der Waals surface area (Å²) in [6.07, 6.45) is 14.9. The molecule has 98 valence electrons. The van der Waals surface area contributed by atoms with Gasteiger partial charge in [0.25, 0.3) is 0 Å². The van der Waals surface area contributed by atoms with Crippen molar-refractivity contribution in [1.29, 1.82) is 0 Å². The number of hydrogen-bond acceptors (Lipinski definition) is 2. The zero-order chi connectivity index (χ0) is 12.0. The molecule has 0 spiro atoms. The van der Waals surface area contributed by atoms with Gasteiger partial charge in [-0.1, -0.05) is 57.3 Å². The minimum Gasteiger partial charge on any atom is -0.257 e. The SMILES string of the molecule is C1#CCNNCCCCCCCCCCCC1. The molecule has 2 nitrogen and oxygen atoms in total. The van der Waals surface area contributed by atoms with Crippen molar-refractivity contribution in [2.75, 3.05) is 13.1 Å². The van der Waals surface area contributed by atoms with Gasteiger partial charge in [-0.3, -0.25) is 5.43 Å². The summed E-state index contributed by atoms with van der Waals surface area (Å²) in [5, 5.41) is 0. The van der Waals surface area contributed by atoms with E-state index in [4.69, 9.17) is 0 Å². The number of rotatable bonds is 0. The average molecular weight is 236 g/mol. The first-order chi connectivity index (χ1) is 8.50. The molecule has 0 radical (unpaired) electrons. The minimum atomic E-state index is 0.778. The Morgan fingerprint density at radius 3 is 1.82 bits per heavy atom. The fraction of sp³-hybridized carbons (Fsp3) is 0.867. The van der Waals surface area contributed by atoms with E-state index in [0.29, 0.717) is 0 Å². The summed E-state index contributed by atoms with van der Waals surface area (Å²) < 4.78 is 0. The first kappa shape index (κ1) is 14.5. The molecular weight excluding hydrogens is 208 g/mol. The molecule has 0 aromatic carbocycles. The quantitative estimate of drug-likeness (QED) is 0.630. The normalized spacial score (nSPS) is 22.1. The first-order valence-corrected chi connectivity index (χ1v) is 7.41. The molecule has 0 amide bonds. The summed E-state index contributed by atoms with van der Waals surface area (Å²) in [7, 11) is 0. The van der Waals surface area contributed by atoms with E-state index in [0.717, 1.165) is 19.5 Å². The van der Waals surface area contributed by atoms with Crippen LogP contribution < -0.4 is 10.9 Å². The van der Waals surface area contributed by atoms with Crippen LogP contribution in [0.25, 0.3) is 0 Å². The third-order valence-corrected chi connectivity index (χ3v) is 3.28. The Hall–Kier alpha value is -0.520. The standard InChI is InChI=1S/C15H28N2/c1-2-4-6-8-10-12-14-16-17-15-13-11-9-7-5-3-1/h16-17H,1-10,12,14-15H2. The predicted molar refractivity (Wildman–Crippen MR) is 74.6 cm³/mol. The van der Waals surface area contributed by atoms with Crippen LogP contribution in [0.15, 0.2) is 0 Å². The molecule has 2 N–H and O–H groups in total. The van der Waals surface area contributed by atoms with Crippen LogP contribution in [0.5, 0.6) is 0 Å². The maximum Gasteiger partial charge on any atom is 0.0712 e. The molecule has 0 saturated heterocycles. The van der Waals surface area contributed by atoms with E-state index >= 15 is 0 Å². The lowest BCUT2D eigenvalue weighted by molar-refractivity contribution is 0.515. The molecule has 17 heavy (non-hydrogen) atoms. The van der Waals surface area contributed by atoms with E-state index in [9.17, 15) is 0 Å². The molecule has 1 heterocycles. The van der Waals surface area contributed by atoms with Crippen LogP contribution in [0, 0.1) is 11.8 Å². The second-order valence-electron chi connectivity index (χ2n) is 4.92. The van der Waals surface area contributed by atoms with Gasteiger partial charge in [-0.05, 0) is 12.8 Å². The maximum absolute atomic E-state index is 3.23. The van der Waals surface area contributed by atoms with Gasteiger partial charge in [0.05, 0.1) is 6.54 Å². The van der Waals surface area contributed by atoms with Crippen molar-refractivity contribution >= 4 is 0 Å². The van der Waals surface area contributed by atoms with E-state index in [1.54, 1.807) is 0 Å². The Bertz CT molecular complexity index is 195. The summed E-state index contributed by atoms with van der Waals surface area (Å²) in [5.74, 6) is 6.38. The highest BCUT2D eigenvalue weighted by Crippen LogP contribution is 2.10. The second kappa shape index (κ2) is 12.0. The summed E-state index contributed by atoms with van der Waals surface area (Å²) >= 11 is 0. The molecule has 2 heteroatoms. The van der Waals surface area contributed by atoms with Crippen molar-refractivity contribution in [3.63, 3.8) is 0 Å². The second-order valence-corrected chi connectivity index (χ2v) is 4.92. The highest BCUT2D eigenvalue weighted by atomic mass is 15.3. The number of hydrazine groups is 1. The molecule has 0 unspecified atom stereocenters. The van der Waals surface area contributed by atoms with Gasteiger partial charge in [0, 0.05) is 13.0 Å². The van der Waals surface area contributed by atoms with Gasteiger partial charge in [-0.25, -0.2) is 5.43 Å². The van der Waals surface area contributed by atoms with Crippen molar-refractivity contribution in [3.05, 3.63) is 0 Å². The molecule has 1 aliphatic heterocycles. The summed E-state index contributed by atoms with van der Waals surface area (Å²) in [6.45, 7) is 1.85. The molecule has 0 aliphatic carbocycles. The maximum atomic E-state index is 3.23. The highest BCUT2D eigenvalue weighted by Gasteiger charge is 1.93. The fourth-order valence-corrected chi connectivity index (χ4v) is 2.19. The van der Waals surface area contributed by atoms with Crippen LogP contribution in [-0.4, -0.2) is 13.1 Å². The van der Waals surface area contributed by atoms with Gasteiger partial charge < -0.3 is 0 Å². The van der Waals surface area contributed by atoms with E-state index in [1.165, 1.54) is 64.2 Å². The van der Waals surface area contributed by atoms with E-state index in [-0.39, 0.29) is 0 Å². The van der Waals surface area contributed by atoms with Crippen LogP contribution in [0.3, 0.4) is 0 Å². The van der Waals surface area contributed by atoms with Crippen molar-refractivity contribution in [2.45, 2.75) is 70.6 Å². The van der Waals surface area contributed by atoms with Gasteiger partial charge in [-0.2, -0.15) is 0 Å². The lowest BCUT2D eigenvalue weighted by Crippen LogP contribution is -2.32. The van der Waals surface area contributed by atoms with Gasteiger partial charge in [0.15, 0.2) is 0 Å². The monoisotopic (exact) mass is 236 g/mol. The Morgan fingerprint density at radius 2 is 1.12 bits per heavy atom. The molecule has 0 saturated carbocycles. The molecule has 0 aromatic rings. The summed E-state index contributed by atoms with van der Waals surface area (Å²) in [6, 6.07) is 0. The van der Waals surface area contributed by atoms with Gasteiger partial charge >= 0.3 is 0 Å². The summed E-state index contributed by atoms with van der Waals surface area (Å²) in [5.41, 5.74) is 6.38. The van der Waals surface area contributed by atoms with E-state index in [1.807, 2.05) is 0 Å². The van der Waals surface area contributed by atoms with Crippen LogP contribution >= 0.6 is 0 Å². The Labute approximate surface area is 107 Å². The molecule has 0 bridgehead atoms. The van der Waals surface area contributed by atoms with Gasteiger partial charge in [-0.15, -0.1) is 5.92 Å². The van der Waals surface area contributed by atoms with Crippen molar-refractivity contribution in [1.82, 2.24) is 10.9 Å². The molecule has 0 atom stereocenters. The van der Waals surface area contributed by atoms with E-state index in [2.05, 4.69) is 22.7 Å². The van der Waals surface area contributed by atoms with Crippen LogP contribution in [-0.2, 0) is 0 Å². The Kier molecular flexibility index (Phi) is 10.2. The van der Waals surface area contributed by atoms with Gasteiger partial charge in [0.2, 0.25) is 0 Å². The van der Waals surface area contributed by atoms with Crippen LogP contribution in [0.2, 0.25) is 0 Å². The number of hydrogen-bond donors (Lipinski definition) is 2. The highest BCUT2D eigenvalue weighted by molar-refractivity contribution is 5.00. The zero-order valence-electron chi connectivity index (χ0n) is 11.2. The first-order valence-electron chi connectivity index (χ1n) is 7.41. The van der Waals surface area contributed by atoms with Crippen molar-refractivity contribution in [2.24, 2.45) is 0 Å². The lowest BCUT2D eigenvalue weighted by atomic mass is 10.1. The van der Waals surface area contributed by atoms with Crippen molar-refractivity contribution < 1.29 is 0 Å².